The molecular formula is C9H6Cl2N2OS. The normalized spacial score (nSPS) is 12.7. The average molecular weight is 261 g/mol. The van der Waals surface area contributed by atoms with E-state index in [-0.39, 0.29) is 0 Å². The van der Waals surface area contributed by atoms with Gasteiger partial charge in [-0.3, -0.25) is 0 Å². The van der Waals surface area contributed by atoms with Crippen molar-refractivity contribution in [2.75, 3.05) is 0 Å². The highest BCUT2D eigenvalue weighted by atomic mass is 35.5. The number of aromatic nitrogens is 2. The molecule has 6 heteroatoms. The molecule has 1 N–H and O–H groups in total. The van der Waals surface area contributed by atoms with Crippen LogP contribution in [-0.4, -0.2) is 13.9 Å². The largest absolute Gasteiger partial charge is 0.382 e. The standard InChI is InChI=1S/C9H6Cl2N2OS/c10-5-1-2-7(11)6(3-5)9(14)8-4-12-15-13-8/h1-4,9,14H. The molecule has 0 aliphatic rings. The van der Waals surface area contributed by atoms with Gasteiger partial charge in [0, 0.05) is 15.6 Å². The Morgan fingerprint density at radius 3 is 2.80 bits per heavy atom. The maximum Gasteiger partial charge on any atom is 0.125 e. The first-order valence-corrected chi connectivity index (χ1v) is 5.57. The molecule has 0 saturated heterocycles. The molecule has 1 unspecified atom stereocenters. The zero-order chi connectivity index (χ0) is 10.8. The van der Waals surface area contributed by atoms with Crippen LogP contribution < -0.4 is 0 Å². The van der Waals surface area contributed by atoms with Crippen molar-refractivity contribution >= 4 is 34.9 Å². The molecule has 0 radical (unpaired) electrons. The van der Waals surface area contributed by atoms with Gasteiger partial charge in [0.15, 0.2) is 0 Å². The molecule has 0 bridgehead atoms. The van der Waals surface area contributed by atoms with Crippen molar-refractivity contribution < 1.29 is 5.11 Å². The monoisotopic (exact) mass is 260 g/mol. The summed E-state index contributed by atoms with van der Waals surface area (Å²) in [6, 6.07) is 4.93. The lowest BCUT2D eigenvalue weighted by atomic mass is 10.1. The second-order valence-corrected chi connectivity index (χ2v) is 4.30. The summed E-state index contributed by atoms with van der Waals surface area (Å²) in [7, 11) is 0. The summed E-state index contributed by atoms with van der Waals surface area (Å²) in [5.41, 5.74) is 1.01. The molecule has 15 heavy (non-hydrogen) atoms. The molecular weight excluding hydrogens is 255 g/mol. The maximum atomic E-state index is 9.95. The van der Waals surface area contributed by atoms with Crippen LogP contribution in [0.4, 0.5) is 0 Å². The molecule has 0 aliphatic carbocycles. The van der Waals surface area contributed by atoms with Crippen molar-refractivity contribution in [2.24, 2.45) is 0 Å². The summed E-state index contributed by atoms with van der Waals surface area (Å²) < 4.78 is 7.76. The Labute approximate surface area is 101 Å². The molecule has 1 atom stereocenters. The lowest BCUT2D eigenvalue weighted by molar-refractivity contribution is 0.216. The highest BCUT2D eigenvalue weighted by Crippen LogP contribution is 2.29. The molecule has 0 aliphatic heterocycles. The van der Waals surface area contributed by atoms with Gasteiger partial charge in [-0.15, -0.1) is 0 Å². The lowest BCUT2D eigenvalue weighted by Gasteiger charge is -2.09. The van der Waals surface area contributed by atoms with Gasteiger partial charge in [0.2, 0.25) is 0 Å². The number of aliphatic hydroxyl groups is 1. The van der Waals surface area contributed by atoms with Crippen molar-refractivity contribution in [1.82, 2.24) is 8.75 Å². The van der Waals surface area contributed by atoms with Crippen molar-refractivity contribution in [3.63, 3.8) is 0 Å². The fraction of sp³-hybridized carbons (Fsp3) is 0.111. The molecule has 0 spiro atoms. The first-order chi connectivity index (χ1) is 7.18. The Morgan fingerprint density at radius 1 is 1.33 bits per heavy atom. The topological polar surface area (TPSA) is 46.0 Å². The number of nitrogens with zero attached hydrogens (tertiary/aromatic N) is 2. The SMILES string of the molecule is OC(c1cnsn1)c1cc(Cl)ccc1Cl. The smallest absolute Gasteiger partial charge is 0.125 e. The summed E-state index contributed by atoms with van der Waals surface area (Å²) >= 11 is 12.8. The van der Waals surface area contributed by atoms with Gasteiger partial charge in [0.1, 0.15) is 11.8 Å². The van der Waals surface area contributed by atoms with Crippen LogP contribution in [0.25, 0.3) is 0 Å². The van der Waals surface area contributed by atoms with Crippen LogP contribution in [0.5, 0.6) is 0 Å². The van der Waals surface area contributed by atoms with Crippen LogP contribution in [0.2, 0.25) is 10.0 Å². The summed E-state index contributed by atoms with van der Waals surface area (Å²) in [6.45, 7) is 0. The lowest BCUT2D eigenvalue weighted by Crippen LogP contribution is -2.00. The van der Waals surface area contributed by atoms with E-state index >= 15 is 0 Å². The molecule has 3 nitrogen and oxygen atoms in total. The van der Waals surface area contributed by atoms with E-state index in [0.29, 0.717) is 21.3 Å². The summed E-state index contributed by atoms with van der Waals surface area (Å²) in [5.74, 6) is 0. The van der Waals surface area contributed by atoms with Crippen molar-refractivity contribution in [3.05, 3.63) is 45.7 Å². The first-order valence-electron chi connectivity index (χ1n) is 4.09. The average Bonchev–Trinajstić information content (AvgIpc) is 2.74. The van der Waals surface area contributed by atoms with Crippen LogP contribution in [0.15, 0.2) is 24.4 Å². The summed E-state index contributed by atoms with van der Waals surface area (Å²) in [5, 5.41) is 10.9. The molecule has 0 amide bonds. The van der Waals surface area contributed by atoms with Gasteiger partial charge in [-0.2, -0.15) is 8.75 Å². The van der Waals surface area contributed by atoms with Gasteiger partial charge < -0.3 is 5.11 Å². The molecule has 1 heterocycles. The van der Waals surface area contributed by atoms with Crippen molar-refractivity contribution in [1.29, 1.82) is 0 Å². The number of rotatable bonds is 2. The predicted molar refractivity (Wildman–Crippen MR) is 60.4 cm³/mol. The molecule has 2 aromatic rings. The van der Waals surface area contributed by atoms with E-state index < -0.39 is 6.10 Å². The van der Waals surface area contributed by atoms with Gasteiger partial charge >= 0.3 is 0 Å². The van der Waals surface area contributed by atoms with Crippen LogP contribution >= 0.6 is 34.9 Å². The Bertz CT molecular complexity index is 461. The molecule has 2 rings (SSSR count). The minimum Gasteiger partial charge on any atom is -0.382 e. The van der Waals surface area contributed by atoms with E-state index in [1.807, 2.05) is 0 Å². The number of halogens is 2. The maximum absolute atomic E-state index is 9.95. The Kier molecular flexibility index (Phi) is 3.21. The predicted octanol–water partition coefficient (Wildman–Crippen LogP) is 2.93. The van der Waals surface area contributed by atoms with Crippen LogP contribution in [-0.2, 0) is 0 Å². The molecule has 0 fully saturated rings. The Hall–Kier alpha value is -0.680. The highest BCUT2D eigenvalue weighted by Gasteiger charge is 2.16. The molecule has 78 valence electrons. The third-order valence-corrected chi connectivity index (χ3v) is 2.98. The second-order valence-electron chi connectivity index (χ2n) is 2.90. The minimum absolute atomic E-state index is 0.458. The van der Waals surface area contributed by atoms with E-state index in [1.54, 1.807) is 18.2 Å². The molecule has 1 aromatic heterocycles. The fourth-order valence-corrected chi connectivity index (χ4v) is 2.02. The van der Waals surface area contributed by atoms with Gasteiger partial charge in [-0.05, 0) is 18.2 Å². The van der Waals surface area contributed by atoms with Gasteiger partial charge in [0.05, 0.1) is 17.9 Å². The molecule has 0 saturated carbocycles. The van der Waals surface area contributed by atoms with E-state index in [9.17, 15) is 5.11 Å². The number of hydrogen-bond donors (Lipinski definition) is 1. The van der Waals surface area contributed by atoms with E-state index in [4.69, 9.17) is 23.2 Å². The summed E-state index contributed by atoms with van der Waals surface area (Å²) in [4.78, 5) is 0. The van der Waals surface area contributed by atoms with E-state index in [1.165, 1.54) is 6.20 Å². The van der Waals surface area contributed by atoms with Crippen LogP contribution in [0.1, 0.15) is 17.4 Å². The Morgan fingerprint density at radius 2 is 2.13 bits per heavy atom. The quantitative estimate of drug-likeness (QED) is 0.904. The highest BCUT2D eigenvalue weighted by molar-refractivity contribution is 6.99. The van der Waals surface area contributed by atoms with Crippen molar-refractivity contribution in [3.8, 4) is 0 Å². The summed E-state index contributed by atoms with van der Waals surface area (Å²) in [6.07, 6.45) is 0.627. The zero-order valence-corrected chi connectivity index (χ0v) is 9.72. The number of aliphatic hydroxyl groups excluding tert-OH is 1. The molecule has 1 aromatic carbocycles. The van der Waals surface area contributed by atoms with E-state index in [0.717, 1.165) is 11.7 Å². The zero-order valence-electron chi connectivity index (χ0n) is 7.39. The van der Waals surface area contributed by atoms with Crippen molar-refractivity contribution in [2.45, 2.75) is 6.10 Å². The van der Waals surface area contributed by atoms with Crippen LogP contribution in [0.3, 0.4) is 0 Å². The third-order valence-electron chi connectivity index (χ3n) is 1.91. The van der Waals surface area contributed by atoms with Gasteiger partial charge in [-0.1, -0.05) is 23.2 Å². The Balaban J connectivity index is 2.41. The van der Waals surface area contributed by atoms with Gasteiger partial charge in [0.25, 0.3) is 0 Å². The fourth-order valence-electron chi connectivity index (χ4n) is 1.18. The third kappa shape index (κ3) is 2.29. The number of hydrogen-bond acceptors (Lipinski definition) is 4. The van der Waals surface area contributed by atoms with E-state index in [2.05, 4.69) is 8.75 Å². The number of benzene rings is 1. The minimum atomic E-state index is -0.880. The van der Waals surface area contributed by atoms with Crippen LogP contribution in [0, 0.1) is 0 Å². The second kappa shape index (κ2) is 4.45. The van der Waals surface area contributed by atoms with Gasteiger partial charge in [-0.25, -0.2) is 0 Å². The first kappa shape index (κ1) is 10.8.